The van der Waals surface area contributed by atoms with E-state index in [9.17, 15) is 43.2 Å². The van der Waals surface area contributed by atoms with Crippen molar-refractivity contribution in [2.45, 2.75) is 17.6 Å². The van der Waals surface area contributed by atoms with E-state index in [1.165, 1.54) is 0 Å². The lowest BCUT2D eigenvalue weighted by Crippen LogP contribution is -2.56. The van der Waals surface area contributed by atoms with E-state index >= 15 is 0 Å². The molecule has 0 fully saturated rings. The van der Waals surface area contributed by atoms with Gasteiger partial charge in [0.15, 0.2) is 0 Å². The summed E-state index contributed by atoms with van der Waals surface area (Å²) in [6.07, 6.45) is 0. The van der Waals surface area contributed by atoms with Crippen LogP contribution in [0.2, 0.25) is 6.55 Å². The monoisotopic (exact) mass is 478 g/mol. The molecule has 0 bridgehead atoms. The van der Waals surface area contributed by atoms with Crippen LogP contribution >= 0.6 is 0 Å². The quantitative estimate of drug-likeness (QED) is 0.332. The highest BCUT2D eigenvalue weighted by Gasteiger charge is 2.59. The van der Waals surface area contributed by atoms with Crippen LogP contribution in [-0.4, -0.2) is 50.6 Å². The second kappa shape index (κ2) is 7.69. The molecule has 0 spiro atoms. The number of benzene rings is 1. The van der Waals surface area contributed by atoms with Gasteiger partial charge in [-0.2, -0.15) is 43.2 Å². The summed E-state index contributed by atoms with van der Waals surface area (Å²) < 4.78 is 139. The minimum absolute atomic E-state index is 0.185. The van der Waals surface area contributed by atoms with E-state index in [1.54, 1.807) is 0 Å². The summed E-state index contributed by atoms with van der Waals surface area (Å²) in [6, 6.07) is 2.88. The van der Waals surface area contributed by atoms with Gasteiger partial charge in [-0.25, -0.2) is 0 Å². The Morgan fingerprint density at radius 2 is 1.25 bits per heavy atom. The van der Waals surface area contributed by atoms with Gasteiger partial charge in [0, 0.05) is 5.19 Å². The first-order chi connectivity index (χ1) is 12.4. The number of rotatable bonds is 7. The summed E-state index contributed by atoms with van der Waals surface area (Å²) in [7, 11) is -16.6. The highest BCUT2D eigenvalue weighted by molar-refractivity contribution is 7.90. The Labute approximate surface area is 156 Å². The van der Waals surface area contributed by atoms with Crippen LogP contribution in [-0.2, 0) is 28.0 Å². The van der Waals surface area contributed by atoms with Crippen molar-refractivity contribution in [1.82, 2.24) is 0 Å². The lowest BCUT2D eigenvalue weighted by molar-refractivity contribution is -0.0529. The van der Waals surface area contributed by atoms with Crippen LogP contribution in [0.25, 0.3) is 0 Å². The van der Waals surface area contributed by atoms with E-state index in [4.69, 9.17) is 9.47 Å². The van der Waals surface area contributed by atoms with Crippen molar-refractivity contribution in [3.63, 3.8) is 0 Å². The summed E-state index contributed by atoms with van der Waals surface area (Å²) in [5.41, 5.74) is -12.1. The molecule has 0 saturated heterocycles. The van der Waals surface area contributed by atoms with Crippen molar-refractivity contribution in [1.29, 1.82) is 0 Å². The number of methoxy groups -OCH3 is 2. The second-order valence-electron chi connectivity index (χ2n) is 4.98. The Bertz CT molecular complexity index is 879. The minimum Gasteiger partial charge on any atom is -0.497 e. The maximum Gasteiger partial charge on any atom is 0.522 e. The Morgan fingerprint density at radius 1 is 0.821 bits per heavy atom. The molecule has 0 atom stereocenters. The molecular formula is C11H12F6O8S2Si. The number of halogens is 6. The lowest BCUT2D eigenvalue weighted by Gasteiger charge is -2.28. The summed E-state index contributed by atoms with van der Waals surface area (Å²) in [6.45, 7) is 0.358. The molecule has 17 heteroatoms. The van der Waals surface area contributed by atoms with Crippen LogP contribution in [0.1, 0.15) is 0 Å². The fourth-order valence-corrected chi connectivity index (χ4v) is 8.01. The molecule has 0 aliphatic heterocycles. The molecule has 0 saturated carbocycles. The summed E-state index contributed by atoms with van der Waals surface area (Å²) >= 11 is 0. The van der Waals surface area contributed by atoms with E-state index in [2.05, 4.69) is 7.74 Å². The van der Waals surface area contributed by atoms with Crippen molar-refractivity contribution in [2.75, 3.05) is 14.2 Å². The van der Waals surface area contributed by atoms with Gasteiger partial charge in [-0.1, -0.05) is 0 Å². The van der Waals surface area contributed by atoms with Crippen LogP contribution in [0.5, 0.6) is 11.5 Å². The van der Waals surface area contributed by atoms with Gasteiger partial charge in [-0.3, -0.25) is 7.74 Å². The average Bonchev–Trinajstić information content (AvgIpc) is 2.50. The Morgan fingerprint density at radius 3 is 1.57 bits per heavy atom. The molecule has 0 heterocycles. The van der Waals surface area contributed by atoms with Crippen LogP contribution in [0.3, 0.4) is 0 Å². The predicted molar refractivity (Wildman–Crippen MR) is 82.9 cm³/mol. The Hall–Kier alpha value is -1.56. The standard InChI is InChI=1S/C11H12F6O8S2Si/c1-22-7-4-5-8(23-2)9(6-7)28(3,24-26(18,19)10(12,13)14)25-27(20,21)11(15,16)17/h4-6H,1-3H3. The van der Waals surface area contributed by atoms with E-state index in [0.29, 0.717) is 6.55 Å². The number of hydrogen-bond donors (Lipinski definition) is 0. The number of hydrogen-bond acceptors (Lipinski definition) is 8. The fraction of sp³-hybridized carbons (Fsp3) is 0.455. The van der Waals surface area contributed by atoms with Crippen molar-refractivity contribution < 1.29 is 60.4 Å². The molecule has 162 valence electrons. The minimum atomic E-state index is -6.56. The van der Waals surface area contributed by atoms with Gasteiger partial charge in [0.05, 0.1) is 14.2 Å². The second-order valence-corrected chi connectivity index (χ2v) is 11.5. The third-order valence-corrected chi connectivity index (χ3v) is 9.80. The molecule has 0 radical (unpaired) electrons. The summed E-state index contributed by atoms with van der Waals surface area (Å²) in [4.78, 5) is 0. The molecular weight excluding hydrogens is 466 g/mol. The number of alkyl halides is 6. The summed E-state index contributed by atoms with van der Waals surface area (Å²) in [5, 5.41) is -0.810. The highest BCUT2D eigenvalue weighted by atomic mass is 32.2. The average molecular weight is 478 g/mol. The smallest absolute Gasteiger partial charge is 0.497 e. The molecule has 1 aromatic carbocycles. The number of ether oxygens (including phenoxy) is 2. The third kappa shape index (κ3) is 5.07. The van der Waals surface area contributed by atoms with Crippen LogP contribution in [0, 0.1) is 0 Å². The first-order valence-electron chi connectivity index (χ1n) is 6.66. The molecule has 0 N–H and O–H groups in total. The highest BCUT2D eigenvalue weighted by Crippen LogP contribution is 2.34. The zero-order valence-electron chi connectivity index (χ0n) is 14.1. The maximum absolute atomic E-state index is 12.7. The lowest BCUT2D eigenvalue weighted by atomic mass is 10.3. The van der Waals surface area contributed by atoms with Crippen molar-refractivity contribution in [2.24, 2.45) is 0 Å². The van der Waals surface area contributed by atoms with E-state index in [1.807, 2.05) is 0 Å². The third-order valence-electron chi connectivity index (χ3n) is 3.00. The van der Waals surface area contributed by atoms with Crippen molar-refractivity contribution in [3.8, 4) is 11.5 Å². The van der Waals surface area contributed by atoms with Gasteiger partial charge in [0.2, 0.25) is 0 Å². The Balaban J connectivity index is 3.76. The molecule has 1 aromatic rings. The van der Waals surface area contributed by atoms with Crippen LogP contribution in [0.4, 0.5) is 26.3 Å². The molecule has 0 aliphatic rings. The maximum atomic E-state index is 12.7. The predicted octanol–water partition coefficient (Wildman–Crippen LogP) is 1.72. The zero-order valence-corrected chi connectivity index (χ0v) is 16.7. The molecule has 0 aliphatic carbocycles. The molecule has 0 amide bonds. The van der Waals surface area contributed by atoms with Gasteiger partial charge in [0.1, 0.15) is 11.5 Å². The van der Waals surface area contributed by atoms with E-state index < -0.39 is 50.8 Å². The van der Waals surface area contributed by atoms with Crippen LogP contribution < -0.4 is 14.7 Å². The van der Waals surface area contributed by atoms with Crippen LogP contribution in [0.15, 0.2) is 18.2 Å². The molecule has 28 heavy (non-hydrogen) atoms. The van der Waals surface area contributed by atoms with Crippen molar-refractivity contribution in [3.05, 3.63) is 18.2 Å². The zero-order chi connectivity index (χ0) is 22.2. The van der Waals surface area contributed by atoms with Gasteiger partial charge >= 0.3 is 39.8 Å². The van der Waals surface area contributed by atoms with Gasteiger partial charge in [-0.05, 0) is 24.7 Å². The molecule has 0 aromatic heterocycles. The van der Waals surface area contributed by atoms with E-state index in [0.717, 1.165) is 32.4 Å². The first-order valence-corrected chi connectivity index (χ1v) is 11.8. The molecule has 8 nitrogen and oxygen atoms in total. The van der Waals surface area contributed by atoms with E-state index in [-0.39, 0.29) is 5.75 Å². The van der Waals surface area contributed by atoms with Gasteiger partial charge in [0.25, 0.3) is 0 Å². The van der Waals surface area contributed by atoms with Gasteiger partial charge in [-0.15, -0.1) is 0 Å². The fourth-order valence-electron chi connectivity index (χ4n) is 1.79. The molecule has 0 unspecified atom stereocenters. The SMILES string of the molecule is COc1ccc(OC)c([Si](C)(OS(=O)(=O)C(F)(F)F)OS(=O)(=O)C(F)(F)F)c1. The normalized spacial score (nSPS) is 14.0. The molecule has 1 rings (SSSR count). The summed E-state index contributed by atoms with van der Waals surface area (Å²) in [5.74, 6) is -0.680. The van der Waals surface area contributed by atoms with Gasteiger partial charge < -0.3 is 9.47 Å². The Kier molecular flexibility index (Phi) is 6.72. The van der Waals surface area contributed by atoms with Crippen molar-refractivity contribution >= 4 is 34.0 Å². The largest absolute Gasteiger partial charge is 0.522 e. The first kappa shape index (κ1) is 24.5. The topological polar surface area (TPSA) is 105 Å².